The van der Waals surface area contributed by atoms with Gasteiger partial charge in [-0.2, -0.15) is 10.2 Å². The molecule has 2 aromatic carbocycles. The summed E-state index contributed by atoms with van der Waals surface area (Å²) in [5.74, 6) is 1.87. The third-order valence-electron chi connectivity index (χ3n) is 5.06. The van der Waals surface area contributed by atoms with E-state index in [2.05, 4.69) is 21.1 Å². The van der Waals surface area contributed by atoms with Crippen LogP contribution in [0.25, 0.3) is 0 Å². The average molecular weight is 559 g/mol. The molecule has 2 aromatic rings. The van der Waals surface area contributed by atoms with E-state index >= 15 is 0 Å². The van der Waals surface area contributed by atoms with Crippen molar-refractivity contribution < 1.29 is 28.5 Å². The number of carbonyl (C=O) groups is 2. The van der Waals surface area contributed by atoms with Crippen molar-refractivity contribution in [1.82, 2.24) is 10.9 Å². The van der Waals surface area contributed by atoms with Crippen LogP contribution in [0.5, 0.6) is 23.0 Å². The normalized spacial score (nSPS) is 12.7. The number of hydrazone groups is 2. The smallest absolute Gasteiger partial charge is 0.252 e. The molecule has 39 heavy (non-hydrogen) atoms. The maximum Gasteiger partial charge on any atom is 0.252 e. The van der Waals surface area contributed by atoms with Crippen molar-refractivity contribution >= 4 is 36.0 Å². The van der Waals surface area contributed by atoms with Gasteiger partial charge >= 0.3 is 0 Å². The lowest BCUT2D eigenvalue weighted by Gasteiger charge is -2.14. The van der Waals surface area contributed by atoms with Gasteiger partial charge in [0.1, 0.15) is 0 Å². The summed E-state index contributed by atoms with van der Waals surface area (Å²) in [6, 6.07) is 10.8. The summed E-state index contributed by atoms with van der Waals surface area (Å²) < 4.78 is 22.3. The average Bonchev–Trinajstić information content (AvgIpc) is 2.91. The summed E-state index contributed by atoms with van der Waals surface area (Å²) in [5, 5.41) is 7.03. The molecule has 0 spiro atoms. The fourth-order valence-corrected chi connectivity index (χ4v) is 4.21. The molecule has 0 heterocycles. The molecule has 212 valence electrons. The maximum absolute atomic E-state index is 12.5. The molecular formula is C28H38N4O6S. The van der Waals surface area contributed by atoms with Crippen LogP contribution in [0.4, 0.5) is 0 Å². The lowest BCUT2D eigenvalue weighted by molar-refractivity contribution is -0.120. The topological polar surface area (TPSA) is 120 Å². The van der Waals surface area contributed by atoms with Crippen LogP contribution >= 0.6 is 11.8 Å². The molecule has 0 aliphatic rings. The van der Waals surface area contributed by atoms with Crippen LogP contribution in [0.15, 0.2) is 46.6 Å². The van der Waals surface area contributed by atoms with Gasteiger partial charge in [-0.1, -0.05) is 0 Å². The fraction of sp³-hybridized carbons (Fsp3) is 0.429. The lowest BCUT2D eigenvalue weighted by atomic mass is 10.2. The molecule has 2 rings (SSSR count). The molecule has 2 atom stereocenters. The molecule has 0 aromatic heterocycles. The summed E-state index contributed by atoms with van der Waals surface area (Å²) >= 11 is 1.20. The van der Waals surface area contributed by atoms with Crippen molar-refractivity contribution in [3.05, 3.63) is 47.5 Å². The van der Waals surface area contributed by atoms with E-state index in [0.29, 0.717) is 49.4 Å². The Bertz CT molecular complexity index is 1050. The van der Waals surface area contributed by atoms with Gasteiger partial charge in [-0.15, -0.1) is 11.8 Å². The van der Waals surface area contributed by atoms with Gasteiger partial charge in [0, 0.05) is 0 Å². The molecule has 0 saturated carbocycles. The molecule has 0 saturated heterocycles. The predicted octanol–water partition coefficient (Wildman–Crippen LogP) is 4.39. The third kappa shape index (κ3) is 10.5. The van der Waals surface area contributed by atoms with Crippen LogP contribution in [0.1, 0.15) is 52.7 Å². The van der Waals surface area contributed by atoms with Crippen LogP contribution in [-0.4, -0.2) is 61.2 Å². The summed E-state index contributed by atoms with van der Waals surface area (Å²) in [6.07, 6.45) is 3.05. The zero-order valence-electron chi connectivity index (χ0n) is 23.4. The first-order chi connectivity index (χ1) is 18.8. The van der Waals surface area contributed by atoms with E-state index in [1.54, 1.807) is 38.1 Å². The van der Waals surface area contributed by atoms with Crippen LogP contribution < -0.4 is 29.8 Å². The van der Waals surface area contributed by atoms with E-state index in [1.807, 2.05) is 39.8 Å². The van der Waals surface area contributed by atoms with Crippen molar-refractivity contribution in [2.75, 3.05) is 26.4 Å². The second kappa shape index (κ2) is 17.0. The van der Waals surface area contributed by atoms with Gasteiger partial charge in [0.05, 0.1) is 49.4 Å². The fourth-order valence-electron chi connectivity index (χ4n) is 3.25. The number of amides is 2. The monoisotopic (exact) mass is 558 g/mol. The SMILES string of the molecule is CCOc1ccc(/C=N\NC(=O)[C@@H](C)S[C@@H](C)C(=O)N/N=C/c2ccc(OCC)c(OCC)c2)cc1OCC. The molecule has 2 N–H and O–H groups in total. The van der Waals surface area contributed by atoms with Crippen molar-refractivity contribution in [2.45, 2.75) is 52.0 Å². The Morgan fingerprint density at radius 2 is 1.05 bits per heavy atom. The minimum Gasteiger partial charge on any atom is -0.490 e. The quantitative estimate of drug-likeness (QED) is 0.232. The molecule has 0 bridgehead atoms. The number of benzene rings is 2. The molecule has 10 nitrogen and oxygen atoms in total. The molecule has 0 aliphatic heterocycles. The standard InChI is InChI=1S/C28H38N4O6S/c1-7-35-23-13-11-21(15-25(23)37-9-3)17-29-31-27(33)19(5)39-20(6)28(34)32-30-18-22-12-14-24(36-8-2)26(16-22)38-10-4/h11-20H,7-10H2,1-6H3,(H,31,33)(H,32,34)/b29-17-,30-18+/t19-,20+/m1/s1. The number of ether oxygens (including phenoxy) is 4. The molecular weight excluding hydrogens is 520 g/mol. The van der Waals surface area contributed by atoms with E-state index in [4.69, 9.17) is 18.9 Å². The number of hydrogen-bond acceptors (Lipinski definition) is 9. The number of nitrogens with zero attached hydrogens (tertiary/aromatic N) is 2. The minimum absolute atomic E-state index is 0.326. The first-order valence-corrected chi connectivity index (χ1v) is 13.9. The van der Waals surface area contributed by atoms with Gasteiger partial charge in [0.2, 0.25) is 0 Å². The zero-order valence-corrected chi connectivity index (χ0v) is 24.2. The molecule has 0 aliphatic carbocycles. The Balaban J connectivity index is 1.87. The van der Waals surface area contributed by atoms with Gasteiger partial charge in [-0.3, -0.25) is 9.59 Å². The second-order valence-corrected chi connectivity index (χ2v) is 9.72. The van der Waals surface area contributed by atoms with Crippen LogP contribution in [0.3, 0.4) is 0 Å². The Morgan fingerprint density at radius 1 is 0.692 bits per heavy atom. The maximum atomic E-state index is 12.5. The largest absolute Gasteiger partial charge is 0.490 e. The third-order valence-corrected chi connectivity index (χ3v) is 6.30. The highest BCUT2D eigenvalue weighted by atomic mass is 32.2. The highest BCUT2D eigenvalue weighted by Gasteiger charge is 2.21. The number of carbonyl (C=O) groups excluding carboxylic acids is 2. The first kappa shape index (κ1) is 31.5. The van der Waals surface area contributed by atoms with Crippen molar-refractivity contribution in [2.24, 2.45) is 10.2 Å². The van der Waals surface area contributed by atoms with Gasteiger partial charge in [-0.25, -0.2) is 10.9 Å². The van der Waals surface area contributed by atoms with E-state index < -0.39 is 10.5 Å². The molecule has 0 radical (unpaired) electrons. The van der Waals surface area contributed by atoms with Crippen LogP contribution in [-0.2, 0) is 9.59 Å². The number of nitrogens with one attached hydrogen (secondary N) is 2. The lowest BCUT2D eigenvalue weighted by Crippen LogP contribution is -2.33. The summed E-state index contributed by atoms with van der Waals surface area (Å²) in [6.45, 7) is 13.1. The van der Waals surface area contributed by atoms with Crippen LogP contribution in [0, 0.1) is 0 Å². The van der Waals surface area contributed by atoms with Crippen molar-refractivity contribution in [3.8, 4) is 23.0 Å². The Labute approximate surface area is 234 Å². The predicted molar refractivity (Wildman–Crippen MR) is 156 cm³/mol. The zero-order chi connectivity index (χ0) is 28.6. The number of hydrogen-bond donors (Lipinski definition) is 2. The molecule has 0 fully saturated rings. The summed E-state index contributed by atoms with van der Waals surface area (Å²) in [5.41, 5.74) is 6.52. The Kier molecular flexibility index (Phi) is 13.7. The highest BCUT2D eigenvalue weighted by molar-refractivity contribution is 8.01. The van der Waals surface area contributed by atoms with Gasteiger partial charge in [-0.05, 0) is 89.1 Å². The molecule has 2 amide bonds. The van der Waals surface area contributed by atoms with E-state index in [1.165, 1.54) is 24.2 Å². The van der Waals surface area contributed by atoms with E-state index in [9.17, 15) is 9.59 Å². The molecule has 0 unspecified atom stereocenters. The highest BCUT2D eigenvalue weighted by Crippen LogP contribution is 2.29. The number of thioether (sulfide) groups is 1. The van der Waals surface area contributed by atoms with E-state index in [-0.39, 0.29) is 11.8 Å². The molecule has 11 heteroatoms. The second-order valence-electron chi connectivity index (χ2n) is 8.03. The van der Waals surface area contributed by atoms with E-state index in [0.717, 1.165) is 11.1 Å². The van der Waals surface area contributed by atoms with Gasteiger partial charge < -0.3 is 18.9 Å². The Hall–Kier alpha value is -3.73. The summed E-state index contributed by atoms with van der Waals surface area (Å²) in [7, 11) is 0. The van der Waals surface area contributed by atoms with Gasteiger partial charge in [0.25, 0.3) is 11.8 Å². The summed E-state index contributed by atoms with van der Waals surface area (Å²) in [4.78, 5) is 25.0. The number of rotatable bonds is 16. The first-order valence-electron chi connectivity index (χ1n) is 12.9. The van der Waals surface area contributed by atoms with Crippen LogP contribution in [0.2, 0.25) is 0 Å². The minimum atomic E-state index is -0.522. The Morgan fingerprint density at radius 3 is 1.41 bits per heavy atom. The van der Waals surface area contributed by atoms with Crippen molar-refractivity contribution in [1.29, 1.82) is 0 Å². The van der Waals surface area contributed by atoms with Gasteiger partial charge in [0.15, 0.2) is 23.0 Å². The van der Waals surface area contributed by atoms with Crippen molar-refractivity contribution in [3.63, 3.8) is 0 Å².